The molecule has 1 amide bonds. The minimum atomic E-state index is -1.12. The van der Waals surface area contributed by atoms with Crippen LogP contribution in [0.4, 0.5) is 5.69 Å². The summed E-state index contributed by atoms with van der Waals surface area (Å²) in [5, 5.41) is 11.9. The van der Waals surface area contributed by atoms with E-state index in [0.717, 1.165) is 16.7 Å². The van der Waals surface area contributed by atoms with Crippen molar-refractivity contribution in [2.75, 3.05) is 5.32 Å². The zero-order valence-electron chi connectivity index (χ0n) is 13.9. The molecule has 3 aromatic rings. The van der Waals surface area contributed by atoms with Gasteiger partial charge in [-0.2, -0.15) is 0 Å². The highest BCUT2D eigenvalue weighted by atomic mass is 16.4. The van der Waals surface area contributed by atoms with Crippen LogP contribution in [0.15, 0.2) is 59.0 Å². The first-order valence-corrected chi connectivity index (χ1v) is 7.77. The molecule has 25 heavy (non-hydrogen) atoms. The summed E-state index contributed by atoms with van der Waals surface area (Å²) in [5.41, 5.74) is 3.76. The van der Waals surface area contributed by atoms with E-state index >= 15 is 0 Å². The van der Waals surface area contributed by atoms with Crippen molar-refractivity contribution in [3.63, 3.8) is 0 Å². The molecule has 0 fully saturated rings. The molecule has 0 atom stereocenters. The van der Waals surface area contributed by atoms with Crippen LogP contribution >= 0.6 is 0 Å². The van der Waals surface area contributed by atoms with Gasteiger partial charge in [0.25, 0.3) is 5.91 Å². The first-order valence-electron chi connectivity index (χ1n) is 7.77. The zero-order valence-corrected chi connectivity index (χ0v) is 13.9. The topological polar surface area (TPSA) is 79.5 Å². The summed E-state index contributed by atoms with van der Waals surface area (Å²) in [6.45, 7) is 3.77. The highest BCUT2D eigenvalue weighted by Gasteiger charge is 2.14. The number of carbonyl (C=O) groups is 2. The lowest BCUT2D eigenvalue weighted by Gasteiger charge is -2.10. The van der Waals surface area contributed by atoms with Gasteiger partial charge in [0.05, 0.1) is 0 Å². The molecule has 0 saturated heterocycles. The van der Waals surface area contributed by atoms with E-state index in [0.29, 0.717) is 17.0 Å². The predicted molar refractivity (Wildman–Crippen MR) is 95.0 cm³/mol. The number of hydrogen-bond acceptors (Lipinski definition) is 3. The number of hydrogen-bond donors (Lipinski definition) is 2. The van der Waals surface area contributed by atoms with Crippen molar-refractivity contribution < 1.29 is 19.1 Å². The molecule has 2 aromatic carbocycles. The Bertz CT molecular complexity index is 956. The number of carbonyl (C=O) groups excluding carboxylic acids is 1. The first kappa shape index (κ1) is 16.5. The number of anilines is 1. The Kier molecular flexibility index (Phi) is 4.39. The number of carboxylic acid groups (broad SMARTS) is 1. The fourth-order valence-corrected chi connectivity index (χ4v) is 2.59. The molecule has 1 aromatic heterocycles. The maximum atomic E-state index is 12.4. The average molecular weight is 335 g/mol. The number of amides is 1. The van der Waals surface area contributed by atoms with Crippen LogP contribution in [-0.2, 0) is 0 Å². The SMILES string of the molecule is Cc1ccccc1C(=O)Nc1ccc(C)c(-c2ccc(C(=O)O)o2)c1. The molecule has 5 heteroatoms. The standard InChI is InChI=1S/C20H17NO4/c1-12-5-3-4-6-15(12)19(22)21-14-8-7-13(2)16(11-14)17-9-10-18(25-17)20(23)24/h3-11H,1-2H3,(H,21,22)(H,23,24). The molecular formula is C20H17NO4. The summed E-state index contributed by atoms with van der Waals surface area (Å²) in [7, 11) is 0. The van der Waals surface area contributed by atoms with E-state index < -0.39 is 5.97 Å². The van der Waals surface area contributed by atoms with E-state index in [4.69, 9.17) is 9.52 Å². The van der Waals surface area contributed by atoms with Gasteiger partial charge in [-0.1, -0.05) is 24.3 Å². The number of rotatable bonds is 4. The van der Waals surface area contributed by atoms with Crippen molar-refractivity contribution in [3.8, 4) is 11.3 Å². The van der Waals surface area contributed by atoms with Crippen LogP contribution < -0.4 is 5.32 Å². The van der Waals surface area contributed by atoms with E-state index in [9.17, 15) is 9.59 Å². The zero-order chi connectivity index (χ0) is 18.0. The predicted octanol–water partition coefficient (Wildman–Crippen LogP) is 4.51. The van der Waals surface area contributed by atoms with Gasteiger partial charge in [-0.05, 0) is 55.3 Å². The highest BCUT2D eigenvalue weighted by molar-refractivity contribution is 6.05. The monoisotopic (exact) mass is 335 g/mol. The van der Waals surface area contributed by atoms with Crippen LogP contribution in [0, 0.1) is 13.8 Å². The molecule has 126 valence electrons. The highest BCUT2D eigenvalue weighted by Crippen LogP contribution is 2.28. The van der Waals surface area contributed by atoms with Gasteiger partial charge in [0.2, 0.25) is 5.76 Å². The Hall–Kier alpha value is -3.34. The van der Waals surface area contributed by atoms with Gasteiger partial charge in [0.1, 0.15) is 5.76 Å². The fraction of sp³-hybridized carbons (Fsp3) is 0.100. The number of aromatic carboxylic acids is 1. The third kappa shape index (κ3) is 3.45. The van der Waals surface area contributed by atoms with Gasteiger partial charge >= 0.3 is 5.97 Å². The van der Waals surface area contributed by atoms with E-state index in [1.807, 2.05) is 38.1 Å². The van der Waals surface area contributed by atoms with Crippen molar-refractivity contribution in [2.24, 2.45) is 0 Å². The maximum Gasteiger partial charge on any atom is 0.371 e. The van der Waals surface area contributed by atoms with E-state index in [-0.39, 0.29) is 11.7 Å². The lowest BCUT2D eigenvalue weighted by molar-refractivity contribution is 0.0663. The summed E-state index contributed by atoms with van der Waals surface area (Å²) in [4.78, 5) is 23.4. The Morgan fingerprint density at radius 3 is 2.40 bits per heavy atom. The van der Waals surface area contributed by atoms with Crippen LogP contribution in [0.1, 0.15) is 32.0 Å². The number of benzene rings is 2. The van der Waals surface area contributed by atoms with E-state index in [1.165, 1.54) is 6.07 Å². The van der Waals surface area contributed by atoms with Gasteiger partial charge < -0.3 is 14.8 Å². The molecule has 3 rings (SSSR count). The van der Waals surface area contributed by atoms with E-state index in [1.54, 1.807) is 24.3 Å². The molecule has 0 spiro atoms. The van der Waals surface area contributed by atoms with Crippen molar-refractivity contribution in [2.45, 2.75) is 13.8 Å². The van der Waals surface area contributed by atoms with Crippen LogP contribution in [0.3, 0.4) is 0 Å². The number of aryl methyl sites for hydroxylation is 2. The summed E-state index contributed by atoms with van der Waals surface area (Å²) < 4.78 is 5.36. The minimum absolute atomic E-state index is 0.122. The Labute approximate surface area is 144 Å². The number of furan rings is 1. The van der Waals surface area contributed by atoms with Crippen molar-refractivity contribution in [3.05, 3.63) is 77.0 Å². The summed E-state index contributed by atoms with van der Waals surface area (Å²) >= 11 is 0. The Morgan fingerprint density at radius 2 is 1.72 bits per heavy atom. The molecule has 0 saturated carbocycles. The fourth-order valence-electron chi connectivity index (χ4n) is 2.59. The lowest BCUT2D eigenvalue weighted by Crippen LogP contribution is -2.13. The van der Waals surface area contributed by atoms with Crippen LogP contribution in [0.2, 0.25) is 0 Å². The summed E-state index contributed by atoms with van der Waals surface area (Å²) in [6, 6.07) is 15.8. The normalized spacial score (nSPS) is 10.5. The second kappa shape index (κ2) is 6.65. The molecular weight excluding hydrogens is 318 g/mol. The average Bonchev–Trinajstić information content (AvgIpc) is 3.07. The van der Waals surface area contributed by atoms with Crippen LogP contribution in [0.5, 0.6) is 0 Å². The third-order valence-electron chi connectivity index (χ3n) is 3.97. The summed E-state index contributed by atoms with van der Waals surface area (Å²) in [5.74, 6) is -0.989. The second-order valence-corrected chi connectivity index (χ2v) is 5.77. The first-order chi connectivity index (χ1) is 12.0. The number of nitrogens with one attached hydrogen (secondary N) is 1. The number of carboxylic acids is 1. The molecule has 0 radical (unpaired) electrons. The summed E-state index contributed by atoms with van der Waals surface area (Å²) in [6.07, 6.45) is 0. The largest absolute Gasteiger partial charge is 0.475 e. The second-order valence-electron chi connectivity index (χ2n) is 5.77. The smallest absolute Gasteiger partial charge is 0.371 e. The van der Waals surface area contributed by atoms with Gasteiger partial charge in [0, 0.05) is 16.8 Å². The molecule has 2 N–H and O–H groups in total. The third-order valence-corrected chi connectivity index (χ3v) is 3.97. The Morgan fingerprint density at radius 1 is 0.960 bits per heavy atom. The maximum absolute atomic E-state index is 12.4. The van der Waals surface area contributed by atoms with Crippen molar-refractivity contribution >= 4 is 17.6 Å². The van der Waals surface area contributed by atoms with Gasteiger partial charge in [-0.25, -0.2) is 4.79 Å². The van der Waals surface area contributed by atoms with Gasteiger partial charge in [-0.15, -0.1) is 0 Å². The van der Waals surface area contributed by atoms with Crippen molar-refractivity contribution in [1.29, 1.82) is 0 Å². The van der Waals surface area contributed by atoms with Gasteiger partial charge in [0.15, 0.2) is 0 Å². The van der Waals surface area contributed by atoms with Gasteiger partial charge in [-0.3, -0.25) is 4.79 Å². The molecule has 0 unspecified atom stereocenters. The van der Waals surface area contributed by atoms with Crippen LogP contribution in [0.25, 0.3) is 11.3 Å². The molecule has 5 nitrogen and oxygen atoms in total. The molecule has 0 bridgehead atoms. The van der Waals surface area contributed by atoms with Crippen LogP contribution in [-0.4, -0.2) is 17.0 Å². The lowest BCUT2D eigenvalue weighted by atomic mass is 10.0. The molecule has 1 heterocycles. The molecule has 0 aliphatic heterocycles. The quantitative estimate of drug-likeness (QED) is 0.735. The Balaban J connectivity index is 1.90. The molecule has 0 aliphatic carbocycles. The van der Waals surface area contributed by atoms with E-state index in [2.05, 4.69) is 5.32 Å². The minimum Gasteiger partial charge on any atom is -0.475 e. The van der Waals surface area contributed by atoms with Crippen molar-refractivity contribution in [1.82, 2.24) is 0 Å². The molecule has 0 aliphatic rings.